The minimum Gasteiger partial charge on any atom is -0.456 e. The van der Waals surface area contributed by atoms with Crippen LogP contribution in [-0.2, 0) is 4.79 Å². The fraction of sp³-hybridized carbons (Fsp3) is 0.333. The number of nitrogens with one attached hydrogen (secondary N) is 1. The molecule has 2 atom stereocenters. The molecule has 1 saturated carbocycles. The third-order valence-corrected chi connectivity index (χ3v) is 7.74. The Bertz CT molecular complexity index is 1040. The van der Waals surface area contributed by atoms with Crippen molar-refractivity contribution in [2.45, 2.75) is 37.0 Å². The molecule has 5 rings (SSSR count). The zero-order valence-corrected chi connectivity index (χ0v) is 16.4. The van der Waals surface area contributed by atoms with E-state index in [0.29, 0.717) is 17.0 Å². The highest BCUT2D eigenvalue weighted by molar-refractivity contribution is 8.39. The van der Waals surface area contributed by atoms with Crippen LogP contribution < -0.4 is 5.32 Å². The lowest BCUT2D eigenvalue weighted by Gasteiger charge is -2.21. The molecule has 0 radical (unpaired) electrons. The monoisotopic (exact) mass is 396 g/mol. The number of hydrogen-bond acceptors (Lipinski definition) is 5. The quantitative estimate of drug-likeness (QED) is 0.619. The molecule has 1 N–H and O–H groups in total. The van der Waals surface area contributed by atoms with Crippen LogP contribution >= 0.6 is 23.5 Å². The highest BCUT2D eigenvalue weighted by Gasteiger charge is 2.32. The lowest BCUT2D eigenvalue weighted by molar-refractivity contribution is -0.113. The van der Waals surface area contributed by atoms with E-state index < -0.39 is 0 Å². The summed E-state index contributed by atoms with van der Waals surface area (Å²) < 4.78 is 6.97. The average Bonchev–Trinajstić information content (AvgIpc) is 3.26. The van der Waals surface area contributed by atoms with E-state index in [9.17, 15) is 4.79 Å². The zero-order valence-electron chi connectivity index (χ0n) is 14.8. The maximum Gasteiger partial charge on any atom is 0.234 e. The molecule has 2 aromatic carbocycles. The fourth-order valence-corrected chi connectivity index (χ4v) is 6.31. The summed E-state index contributed by atoms with van der Waals surface area (Å²) >= 11 is 3.43. The van der Waals surface area contributed by atoms with Crippen molar-refractivity contribution in [1.29, 1.82) is 0 Å². The molecule has 0 bridgehead atoms. The van der Waals surface area contributed by atoms with Crippen LogP contribution in [0.25, 0.3) is 21.9 Å². The second-order valence-corrected chi connectivity index (χ2v) is 9.50. The molecular formula is C21H20N2O2S2. The zero-order chi connectivity index (χ0) is 18.2. The van der Waals surface area contributed by atoms with E-state index in [1.165, 1.54) is 25.7 Å². The fourth-order valence-electron chi connectivity index (χ4n) is 3.86. The van der Waals surface area contributed by atoms with Crippen molar-refractivity contribution in [3.05, 3.63) is 42.5 Å². The van der Waals surface area contributed by atoms with Gasteiger partial charge in [-0.2, -0.15) is 0 Å². The minimum absolute atomic E-state index is 0.00590. The second-order valence-electron chi connectivity index (χ2n) is 7.05. The summed E-state index contributed by atoms with van der Waals surface area (Å²) in [5, 5.41) is 5.78. The van der Waals surface area contributed by atoms with Gasteiger partial charge in [-0.15, -0.1) is 0 Å². The molecule has 1 amide bonds. The lowest BCUT2D eigenvalue weighted by Crippen LogP contribution is -2.21. The first-order chi connectivity index (χ1) is 13.3. The number of carbonyl (C=O) groups is 1. The summed E-state index contributed by atoms with van der Waals surface area (Å²) in [6.07, 6.45) is 5.05. The van der Waals surface area contributed by atoms with Crippen molar-refractivity contribution in [1.82, 2.24) is 0 Å². The minimum atomic E-state index is -0.00590. The van der Waals surface area contributed by atoms with Gasteiger partial charge in [0, 0.05) is 27.8 Å². The van der Waals surface area contributed by atoms with Crippen molar-refractivity contribution >= 4 is 61.4 Å². The Labute approximate surface area is 166 Å². The molecule has 1 aliphatic carbocycles. The SMILES string of the molecule is O=C(CSC1=N[C@H]2CCCC[C@@H]2S1)Nc1ccc2c(c1)oc1ccccc12. The number of anilines is 1. The van der Waals surface area contributed by atoms with Gasteiger partial charge < -0.3 is 9.73 Å². The Morgan fingerprint density at radius 1 is 1.15 bits per heavy atom. The summed E-state index contributed by atoms with van der Waals surface area (Å²) in [5.74, 6) is 0.386. The van der Waals surface area contributed by atoms with Crippen molar-refractivity contribution in [3.63, 3.8) is 0 Å². The molecule has 1 aliphatic heterocycles. The molecule has 0 saturated heterocycles. The smallest absolute Gasteiger partial charge is 0.234 e. The first kappa shape index (κ1) is 17.2. The predicted octanol–water partition coefficient (Wildman–Crippen LogP) is 5.67. The highest BCUT2D eigenvalue weighted by atomic mass is 32.2. The number of carbonyl (C=O) groups excluding carboxylic acids is 1. The van der Waals surface area contributed by atoms with E-state index in [1.807, 2.05) is 54.2 Å². The molecule has 4 nitrogen and oxygen atoms in total. The summed E-state index contributed by atoms with van der Waals surface area (Å²) in [4.78, 5) is 17.2. The molecular weight excluding hydrogens is 376 g/mol. The van der Waals surface area contributed by atoms with Gasteiger partial charge in [-0.3, -0.25) is 9.79 Å². The van der Waals surface area contributed by atoms with E-state index in [4.69, 9.17) is 9.41 Å². The number of amides is 1. The maximum absolute atomic E-state index is 12.4. The largest absolute Gasteiger partial charge is 0.456 e. The molecule has 1 fully saturated rings. The molecule has 138 valence electrons. The first-order valence-corrected chi connectivity index (χ1v) is 11.2. The molecule has 6 heteroatoms. The normalized spacial score (nSPS) is 22.0. The molecule has 27 heavy (non-hydrogen) atoms. The van der Waals surface area contributed by atoms with E-state index in [2.05, 4.69) is 5.32 Å². The standard InChI is InChI=1S/C21H20N2O2S2/c24-20(12-26-21-23-16-6-2-4-8-19(16)27-21)22-13-9-10-15-14-5-1-3-7-17(14)25-18(15)11-13/h1,3,5,7,9-11,16,19H,2,4,6,8,12H2,(H,22,24)/t16-,19-/m0/s1. The van der Waals surface area contributed by atoms with Crippen LogP contribution in [0.4, 0.5) is 5.69 Å². The van der Waals surface area contributed by atoms with Crippen LogP contribution in [0, 0.1) is 0 Å². The van der Waals surface area contributed by atoms with Gasteiger partial charge in [0.15, 0.2) is 0 Å². The van der Waals surface area contributed by atoms with Crippen LogP contribution in [0.5, 0.6) is 0 Å². The summed E-state index contributed by atoms with van der Waals surface area (Å²) in [6.45, 7) is 0. The topological polar surface area (TPSA) is 54.6 Å². The molecule has 2 aliphatic rings. The number of hydrogen-bond donors (Lipinski definition) is 1. The Kier molecular flexibility index (Phi) is 4.61. The molecule has 0 spiro atoms. The van der Waals surface area contributed by atoms with E-state index in [1.54, 1.807) is 11.8 Å². The van der Waals surface area contributed by atoms with Crippen LogP contribution in [0.2, 0.25) is 0 Å². The lowest BCUT2D eigenvalue weighted by atomic mass is 9.96. The third-order valence-electron chi connectivity index (χ3n) is 5.18. The van der Waals surface area contributed by atoms with Gasteiger partial charge in [-0.05, 0) is 31.0 Å². The van der Waals surface area contributed by atoms with Crippen molar-refractivity contribution in [2.75, 3.05) is 11.1 Å². The van der Waals surface area contributed by atoms with Gasteiger partial charge >= 0.3 is 0 Å². The Morgan fingerprint density at radius 2 is 2.00 bits per heavy atom. The van der Waals surface area contributed by atoms with E-state index in [0.717, 1.165) is 32.0 Å². The Hall–Kier alpha value is -1.92. The number of fused-ring (bicyclic) bond motifs is 4. The van der Waals surface area contributed by atoms with Crippen molar-refractivity contribution in [3.8, 4) is 0 Å². The second kappa shape index (κ2) is 7.24. The van der Waals surface area contributed by atoms with Crippen LogP contribution in [0.15, 0.2) is 51.9 Å². The van der Waals surface area contributed by atoms with E-state index >= 15 is 0 Å². The van der Waals surface area contributed by atoms with Crippen LogP contribution in [-0.4, -0.2) is 27.3 Å². The number of thioether (sulfide) groups is 2. The summed E-state index contributed by atoms with van der Waals surface area (Å²) in [7, 11) is 0. The molecule has 1 aromatic heterocycles. The Balaban J connectivity index is 1.24. The van der Waals surface area contributed by atoms with Gasteiger partial charge in [-0.1, -0.05) is 54.6 Å². The Morgan fingerprint density at radius 3 is 2.93 bits per heavy atom. The first-order valence-electron chi connectivity index (χ1n) is 9.35. The van der Waals surface area contributed by atoms with Crippen molar-refractivity contribution in [2.24, 2.45) is 4.99 Å². The predicted molar refractivity (Wildman–Crippen MR) is 116 cm³/mol. The van der Waals surface area contributed by atoms with Crippen LogP contribution in [0.1, 0.15) is 25.7 Å². The molecule has 2 heterocycles. The van der Waals surface area contributed by atoms with Crippen molar-refractivity contribution < 1.29 is 9.21 Å². The number of furan rings is 1. The molecule has 3 aromatic rings. The highest BCUT2D eigenvalue weighted by Crippen LogP contribution is 2.40. The number of aliphatic imine (C=N–C) groups is 1. The summed E-state index contributed by atoms with van der Waals surface area (Å²) in [5.41, 5.74) is 2.42. The maximum atomic E-state index is 12.4. The van der Waals surface area contributed by atoms with Crippen LogP contribution in [0.3, 0.4) is 0 Å². The van der Waals surface area contributed by atoms with Gasteiger partial charge in [0.25, 0.3) is 0 Å². The van der Waals surface area contributed by atoms with Gasteiger partial charge in [0.2, 0.25) is 5.91 Å². The van der Waals surface area contributed by atoms with E-state index in [-0.39, 0.29) is 5.91 Å². The number of benzene rings is 2. The average molecular weight is 397 g/mol. The third kappa shape index (κ3) is 3.48. The summed E-state index contributed by atoms with van der Waals surface area (Å²) in [6, 6.07) is 14.3. The number of para-hydroxylation sites is 1. The van der Waals surface area contributed by atoms with Gasteiger partial charge in [0.1, 0.15) is 15.5 Å². The number of nitrogens with zero attached hydrogens (tertiary/aromatic N) is 1. The number of rotatable bonds is 3. The van der Waals surface area contributed by atoms with Gasteiger partial charge in [0.05, 0.1) is 11.8 Å². The molecule has 0 unspecified atom stereocenters. The van der Waals surface area contributed by atoms with Gasteiger partial charge in [-0.25, -0.2) is 0 Å².